The number of carbonyl (C=O) groups excluding carboxylic acids is 2. The van der Waals surface area contributed by atoms with Gasteiger partial charge < -0.3 is 10.1 Å². The van der Waals surface area contributed by atoms with E-state index in [0.29, 0.717) is 0 Å². The van der Waals surface area contributed by atoms with Gasteiger partial charge in [0, 0.05) is 5.56 Å². The molecule has 0 aliphatic heterocycles. The van der Waals surface area contributed by atoms with Crippen LogP contribution in [0.4, 0.5) is 8.78 Å². The van der Waals surface area contributed by atoms with Crippen LogP contribution in [0.1, 0.15) is 17.3 Å². The van der Waals surface area contributed by atoms with Crippen LogP contribution in [-0.2, 0) is 4.79 Å². The summed E-state index contributed by atoms with van der Waals surface area (Å²) in [4.78, 5) is 22.1. The SMILES string of the molecule is CC(=O)CNC(=O)c1cccc(OC(F)F)c1. The normalized spacial score (nSPS) is 10.1. The minimum atomic E-state index is -2.94. The van der Waals surface area contributed by atoms with Crippen LogP contribution in [0.25, 0.3) is 0 Å². The van der Waals surface area contributed by atoms with Crippen molar-refractivity contribution in [1.29, 1.82) is 0 Å². The predicted octanol–water partition coefficient (Wildman–Crippen LogP) is 1.61. The molecule has 0 heterocycles. The van der Waals surface area contributed by atoms with Crippen molar-refractivity contribution in [3.05, 3.63) is 29.8 Å². The fraction of sp³-hybridized carbons (Fsp3) is 0.273. The van der Waals surface area contributed by atoms with Gasteiger partial charge in [-0.25, -0.2) is 0 Å². The molecule has 1 N–H and O–H groups in total. The third-order valence-corrected chi connectivity index (χ3v) is 1.82. The van der Waals surface area contributed by atoms with Crippen LogP contribution >= 0.6 is 0 Å². The summed E-state index contributed by atoms with van der Waals surface area (Å²) in [5.74, 6) is -0.811. The minimum Gasteiger partial charge on any atom is -0.435 e. The molecule has 17 heavy (non-hydrogen) atoms. The van der Waals surface area contributed by atoms with E-state index in [4.69, 9.17) is 0 Å². The third-order valence-electron chi connectivity index (χ3n) is 1.82. The standard InChI is InChI=1S/C11H11F2NO3/c1-7(15)6-14-10(16)8-3-2-4-9(5-8)17-11(12)13/h2-5,11H,6H2,1H3,(H,14,16). The zero-order chi connectivity index (χ0) is 12.8. The number of ketones is 1. The Balaban J connectivity index is 2.70. The summed E-state index contributed by atoms with van der Waals surface area (Å²) in [5, 5.41) is 2.35. The lowest BCUT2D eigenvalue weighted by Crippen LogP contribution is -2.28. The van der Waals surface area contributed by atoms with Gasteiger partial charge in [-0.05, 0) is 25.1 Å². The molecule has 1 rings (SSSR count). The van der Waals surface area contributed by atoms with Gasteiger partial charge in [0.1, 0.15) is 11.5 Å². The van der Waals surface area contributed by atoms with Crippen molar-refractivity contribution in [2.24, 2.45) is 0 Å². The average Bonchev–Trinajstić information content (AvgIpc) is 2.25. The van der Waals surface area contributed by atoms with Crippen LogP contribution in [0, 0.1) is 0 Å². The molecule has 0 atom stereocenters. The topological polar surface area (TPSA) is 55.4 Å². The first-order valence-electron chi connectivity index (χ1n) is 4.81. The summed E-state index contributed by atoms with van der Waals surface area (Å²) >= 11 is 0. The molecule has 0 saturated heterocycles. The minimum absolute atomic E-state index is 0.0984. The van der Waals surface area contributed by atoms with Gasteiger partial charge in [-0.15, -0.1) is 0 Å². The van der Waals surface area contributed by atoms with E-state index in [1.54, 1.807) is 0 Å². The largest absolute Gasteiger partial charge is 0.435 e. The molecule has 0 fully saturated rings. The summed E-state index contributed by atoms with van der Waals surface area (Å²) in [5.41, 5.74) is 0.157. The monoisotopic (exact) mass is 243 g/mol. The van der Waals surface area contributed by atoms with Crippen LogP contribution in [0.3, 0.4) is 0 Å². The molecular formula is C11H11F2NO3. The Morgan fingerprint density at radius 2 is 2.12 bits per heavy atom. The molecule has 1 aromatic rings. The Morgan fingerprint density at radius 1 is 1.41 bits per heavy atom. The highest BCUT2D eigenvalue weighted by Gasteiger charge is 2.09. The van der Waals surface area contributed by atoms with Gasteiger partial charge in [0.25, 0.3) is 5.91 Å². The van der Waals surface area contributed by atoms with Crippen LogP contribution in [0.2, 0.25) is 0 Å². The number of hydrogen-bond acceptors (Lipinski definition) is 3. The molecule has 1 amide bonds. The van der Waals surface area contributed by atoms with Gasteiger partial charge >= 0.3 is 6.61 Å². The molecule has 0 bridgehead atoms. The van der Waals surface area contributed by atoms with Crippen LogP contribution in [0.5, 0.6) is 5.75 Å². The number of rotatable bonds is 5. The highest BCUT2D eigenvalue weighted by molar-refractivity contribution is 5.96. The smallest absolute Gasteiger partial charge is 0.387 e. The van der Waals surface area contributed by atoms with Crippen molar-refractivity contribution < 1.29 is 23.1 Å². The number of hydrogen-bond donors (Lipinski definition) is 1. The van der Waals surface area contributed by atoms with Crippen molar-refractivity contribution >= 4 is 11.7 Å². The zero-order valence-electron chi connectivity index (χ0n) is 9.07. The highest BCUT2D eigenvalue weighted by Crippen LogP contribution is 2.15. The van der Waals surface area contributed by atoms with Gasteiger partial charge in [0.2, 0.25) is 0 Å². The van der Waals surface area contributed by atoms with Crippen molar-refractivity contribution in [2.75, 3.05) is 6.54 Å². The maximum absolute atomic E-state index is 11.9. The number of alkyl halides is 2. The Kier molecular flexibility index (Phi) is 4.56. The second-order valence-corrected chi connectivity index (χ2v) is 3.29. The van der Waals surface area contributed by atoms with Gasteiger partial charge in [-0.2, -0.15) is 8.78 Å². The van der Waals surface area contributed by atoms with E-state index in [2.05, 4.69) is 10.1 Å². The lowest BCUT2D eigenvalue weighted by Gasteiger charge is -2.06. The van der Waals surface area contributed by atoms with Gasteiger partial charge in [-0.1, -0.05) is 6.07 Å². The van der Waals surface area contributed by atoms with E-state index in [1.165, 1.54) is 31.2 Å². The lowest BCUT2D eigenvalue weighted by atomic mass is 10.2. The number of Topliss-reactive ketones (excluding diaryl/α,β-unsaturated/α-hetero) is 1. The number of nitrogens with one attached hydrogen (secondary N) is 1. The first kappa shape index (κ1) is 13.1. The summed E-state index contributed by atoms with van der Waals surface area (Å²) in [6.07, 6.45) is 0. The highest BCUT2D eigenvalue weighted by atomic mass is 19.3. The molecular weight excluding hydrogens is 232 g/mol. The van der Waals surface area contributed by atoms with Crippen LogP contribution < -0.4 is 10.1 Å². The van der Waals surface area contributed by atoms with E-state index in [1.807, 2.05) is 0 Å². The summed E-state index contributed by atoms with van der Waals surface area (Å²) in [6.45, 7) is -1.71. The molecule has 0 spiro atoms. The fourth-order valence-corrected chi connectivity index (χ4v) is 1.12. The third kappa shape index (κ3) is 4.58. The Bertz CT molecular complexity index is 421. The molecule has 0 unspecified atom stereocenters. The Morgan fingerprint density at radius 3 is 2.71 bits per heavy atom. The van der Waals surface area contributed by atoms with Crippen molar-refractivity contribution in [3.8, 4) is 5.75 Å². The summed E-state index contributed by atoms with van der Waals surface area (Å²) < 4.78 is 28.0. The van der Waals surface area contributed by atoms with Crippen LogP contribution in [-0.4, -0.2) is 24.8 Å². The fourth-order valence-electron chi connectivity index (χ4n) is 1.12. The van der Waals surface area contributed by atoms with Crippen molar-refractivity contribution in [1.82, 2.24) is 5.32 Å². The molecule has 6 heteroatoms. The van der Waals surface area contributed by atoms with Crippen LogP contribution in [0.15, 0.2) is 24.3 Å². The quantitative estimate of drug-likeness (QED) is 0.854. The first-order chi connectivity index (χ1) is 7.99. The number of ether oxygens (including phenoxy) is 1. The van der Waals surface area contributed by atoms with Crippen molar-refractivity contribution in [3.63, 3.8) is 0 Å². The van der Waals surface area contributed by atoms with Crippen molar-refractivity contribution in [2.45, 2.75) is 13.5 Å². The second kappa shape index (κ2) is 5.93. The van der Waals surface area contributed by atoms with E-state index < -0.39 is 12.5 Å². The number of carbonyl (C=O) groups is 2. The van der Waals surface area contributed by atoms with Gasteiger partial charge in [0.05, 0.1) is 6.54 Å². The molecule has 0 aromatic heterocycles. The van der Waals surface area contributed by atoms with Gasteiger partial charge in [-0.3, -0.25) is 9.59 Å². The number of halogens is 2. The summed E-state index contributed by atoms with van der Waals surface area (Å²) in [6, 6.07) is 5.35. The molecule has 4 nitrogen and oxygen atoms in total. The van der Waals surface area contributed by atoms with E-state index in [-0.39, 0.29) is 23.6 Å². The number of benzene rings is 1. The lowest BCUT2D eigenvalue weighted by molar-refractivity contribution is -0.116. The molecule has 0 aliphatic rings. The molecule has 1 aromatic carbocycles. The number of amides is 1. The van der Waals surface area contributed by atoms with E-state index in [0.717, 1.165) is 0 Å². The first-order valence-corrected chi connectivity index (χ1v) is 4.81. The molecule has 0 radical (unpaired) electrons. The predicted molar refractivity (Wildman–Crippen MR) is 56.1 cm³/mol. The average molecular weight is 243 g/mol. The molecule has 0 saturated carbocycles. The summed E-state index contributed by atoms with van der Waals surface area (Å²) in [7, 11) is 0. The van der Waals surface area contributed by atoms with E-state index in [9.17, 15) is 18.4 Å². The zero-order valence-corrected chi connectivity index (χ0v) is 9.07. The Hall–Kier alpha value is -1.98. The molecule has 92 valence electrons. The van der Waals surface area contributed by atoms with Gasteiger partial charge in [0.15, 0.2) is 0 Å². The van der Waals surface area contributed by atoms with E-state index >= 15 is 0 Å². The Labute approximate surface area is 96.6 Å². The maximum Gasteiger partial charge on any atom is 0.387 e. The second-order valence-electron chi connectivity index (χ2n) is 3.29. The maximum atomic E-state index is 11.9. The molecule has 0 aliphatic carbocycles.